The average molecular weight is 875 g/mol. The molecule has 0 spiro atoms. The molecule has 192 valence electrons. The summed E-state index contributed by atoms with van der Waals surface area (Å²) in [6.07, 6.45) is 5.61. The molecule has 0 saturated heterocycles. The number of unbranched alkanes of at least 4 members (excludes halogenated alkanes) is 4. The first-order valence-corrected chi connectivity index (χ1v) is 9.64. The van der Waals surface area contributed by atoms with Gasteiger partial charge in [-0.3, -0.25) is 0 Å². The molecule has 10 nitrogen and oxygen atoms in total. The minimum absolute atomic E-state index is 0. The van der Waals surface area contributed by atoms with E-state index in [1.165, 1.54) is 33.6 Å². The van der Waals surface area contributed by atoms with E-state index in [1.807, 2.05) is 0 Å². The Labute approximate surface area is 242 Å². The number of aliphatic carboxylic acids is 4. The van der Waals surface area contributed by atoms with E-state index >= 15 is 0 Å². The molecule has 0 aromatic rings. The number of hydrogen-bond donors (Lipinski definition) is 2. The van der Waals surface area contributed by atoms with Crippen LogP contribution in [0.2, 0.25) is 0 Å². The molecule has 34 heavy (non-hydrogen) atoms. The van der Waals surface area contributed by atoms with Crippen LogP contribution in [0.3, 0.4) is 0 Å². The van der Waals surface area contributed by atoms with Crippen LogP contribution in [0.25, 0.3) is 0 Å². The fourth-order valence-electron chi connectivity index (χ4n) is 0.873. The normalized spacial score (nSPS) is 7.71. The molecule has 0 bridgehead atoms. The van der Waals surface area contributed by atoms with Gasteiger partial charge in [0, 0.05) is 5.97 Å². The van der Waals surface area contributed by atoms with Crippen molar-refractivity contribution in [3.05, 3.63) is 36.5 Å². The number of carbonyl (C=O) groups excluding carboxylic acids is 4. The molecule has 0 fully saturated rings. The van der Waals surface area contributed by atoms with Crippen molar-refractivity contribution in [3.8, 4) is 0 Å². The molecule has 0 rings (SSSR count). The third-order valence-electron chi connectivity index (χ3n) is 2.63. The maximum absolute atomic E-state index is 9.92. The Morgan fingerprint density at radius 2 is 0.853 bits per heavy atom. The van der Waals surface area contributed by atoms with Crippen molar-refractivity contribution in [2.45, 2.75) is 66.2 Å². The molecule has 0 saturated carbocycles. The third kappa shape index (κ3) is 77.4. The van der Waals surface area contributed by atoms with Crippen molar-refractivity contribution in [2.75, 3.05) is 13.2 Å². The fraction of sp³-hybridized carbons (Fsp3) is 0.545. The maximum atomic E-state index is 9.92. The summed E-state index contributed by atoms with van der Waals surface area (Å²) in [5.74, 6) is -4.48. The van der Waals surface area contributed by atoms with E-state index in [1.54, 1.807) is 0 Å². The van der Waals surface area contributed by atoms with Crippen LogP contribution < -0.4 is 20.4 Å². The number of rotatable bonds is 10. The van der Waals surface area contributed by atoms with Crippen LogP contribution >= 0.6 is 0 Å². The zero-order valence-corrected chi connectivity index (χ0v) is 28.2. The SMILES string of the molecule is C=C(C)C(=O)[O-].C=C(C)C(=O)[O-].C=C(C)C(=O)[O-].CCCCCCCC(=O)[O-].OCCO.[Pb+2].[Pb+2]. The molecule has 0 aromatic heterocycles. The van der Waals surface area contributed by atoms with Gasteiger partial charge >= 0.3 is 54.6 Å². The van der Waals surface area contributed by atoms with Gasteiger partial charge in [-0.15, -0.1) is 0 Å². The number of aliphatic hydroxyl groups excluding tert-OH is 2. The van der Waals surface area contributed by atoms with Crippen LogP contribution in [0.1, 0.15) is 66.2 Å². The van der Waals surface area contributed by atoms with Gasteiger partial charge in [-0.25, -0.2) is 0 Å². The van der Waals surface area contributed by atoms with E-state index in [0.29, 0.717) is 0 Å². The van der Waals surface area contributed by atoms with Crippen molar-refractivity contribution < 1.29 is 49.8 Å². The summed E-state index contributed by atoms with van der Waals surface area (Å²) in [4.78, 5) is 38.4. The number of aliphatic hydroxyl groups is 2. The number of hydrogen-bond acceptors (Lipinski definition) is 10. The minimum atomic E-state index is -1.19. The molecule has 0 heterocycles. The van der Waals surface area contributed by atoms with Crippen LogP contribution in [0.4, 0.5) is 0 Å². The van der Waals surface area contributed by atoms with Crippen molar-refractivity contribution in [1.82, 2.24) is 0 Å². The molecule has 2 N–H and O–H groups in total. The van der Waals surface area contributed by atoms with Crippen molar-refractivity contribution >= 4 is 78.5 Å². The predicted molar refractivity (Wildman–Crippen MR) is 124 cm³/mol. The number of carbonyl (C=O) groups is 4. The number of carboxylic acids is 4. The third-order valence-corrected chi connectivity index (χ3v) is 2.63. The number of carboxylic acid groups (broad SMARTS) is 4. The first kappa shape index (κ1) is 49.9. The molecule has 0 aromatic carbocycles. The van der Waals surface area contributed by atoms with Crippen molar-refractivity contribution in [3.63, 3.8) is 0 Å². The van der Waals surface area contributed by atoms with E-state index in [9.17, 15) is 39.6 Å². The summed E-state index contributed by atoms with van der Waals surface area (Å²) in [6, 6.07) is 0. The van der Waals surface area contributed by atoms with E-state index in [4.69, 9.17) is 10.2 Å². The Balaban J connectivity index is -0.0000000546. The van der Waals surface area contributed by atoms with Crippen LogP contribution in [-0.4, -0.2) is 102 Å². The monoisotopic (exact) mass is 876 g/mol. The van der Waals surface area contributed by atoms with Gasteiger partial charge in [0.15, 0.2) is 0 Å². The second-order valence-electron chi connectivity index (χ2n) is 6.19. The first-order valence-electron chi connectivity index (χ1n) is 9.64. The molecule has 0 aliphatic carbocycles. The van der Waals surface area contributed by atoms with Gasteiger partial charge in [-0.2, -0.15) is 0 Å². The zero-order valence-electron chi connectivity index (χ0n) is 20.4. The summed E-state index contributed by atoms with van der Waals surface area (Å²) in [6.45, 7) is 15.3. The molecule has 0 amide bonds. The van der Waals surface area contributed by atoms with E-state index in [0.717, 1.165) is 19.3 Å². The minimum Gasteiger partial charge on any atom is -0.550 e. The topological polar surface area (TPSA) is 201 Å². The standard InChI is InChI=1S/C8H16O2.3C4H6O2.C2H6O2.2Pb/c1-2-3-4-5-6-7-8(9)10;3*1-3(2)4(5)6;3-1-2-4;;/h2-7H2,1H3,(H,9,10);3*1H2,2H3,(H,5,6);3-4H,1-2H2;;/q;;;;;2*+2/p-4. The van der Waals surface area contributed by atoms with Gasteiger partial charge in [0.25, 0.3) is 0 Å². The Morgan fingerprint density at radius 1 is 0.618 bits per heavy atom. The molecule has 12 heteroatoms. The van der Waals surface area contributed by atoms with E-state index < -0.39 is 23.9 Å². The molecule has 0 aliphatic heterocycles. The van der Waals surface area contributed by atoms with Gasteiger partial charge in [0.05, 0.1) is 31.1 Å². The quantitative estimate of drug-likeness (QED) is 0.132. The Morgan fingerprint density at radius 3 is 1.00 bits per heavy atom. The summed E-state index contributed by atoms with van der Waals surface area (Å²) >= 11 is 0. The van der Waals surface area contributed by atoms with E-state index in [2.05, 4.69) is 26.7 Å². The molecular formula is C22H36O10Pb2. The molecule has 0 aliphatic rings. The zero-order chi connectivity index (χ0) is 26.7. The van der Waals surface area contributed by atoms with Crippen LogP contribution in [0.5, 0.6) is 0 Å². The second kappa shape index (κ2) is 39.1. The van der Waals surface area contributed by atoms with Gasteiger partial charge in [-0.1, -0.05) is 52.3 Å². The van der Waals surface area contributed by atoms with Gasteiger partial charge in [0.1, 0.15) is 0 Å². The summed E-state index contributed by atoms with van der Waals surface area (Å²) in [5.41, 5.74) is 0.194. The molecule has 4 radical (unpaired) electrons. The van der Waals surface area contributed by atoms with Crippen molar-refractivity contribution in [1.29, 1.82) is 0 Å². The summed E-state index contributed by atoms with van der Waals surface area (Å²) < 4.78 is 0. The summed E-state index contributed by atoms with van der Waals surface area (Å²) in [5, 5.41) is 53.6. The fourth-order valence-corrected chi connectivity index (χ4v) is 0.873. The Bertz CT molecular complexity index is 481. The maximum Gasteiger partial charge on any atom is 2.00 e. The predicted octanol–water partition coefficient (Wildman–Crippen LogP) is -2.76. The van der Waals surface area contributed by atoms with Gasteiger partial charge < -0.3 is 49.8 Å². The summed E-state index contributed by atoms with van der Waals surface area (Å²) in [7, 11) is 0. The average Bonchev–Trinajstić information content (AvgIpc) is 2.69. The van der Waals surface area contributed by atoms with Gasteiger partial charge in [-0.05, 0) is 50.3 Å². The Kier molecular flexibility index (Phi) is 57.4. The smallest absolute Gasteiger partial charge is 0.550 e. The van der Waals surface area contributed by atoms with E-state index in [-0.39, 0.29) is 91.0 Å². The second-order valence-corrected chi connectivity index (χ2v) is 6.19. The van der Waals surface area contributed by atoms with Crippen LogP contribution in [0.15, 0.2) is 36.5 Å². The largest absolute Gasteiger partial charge is 2.00 e. The van der Waals surface area contributed by atoms with Crippen LogP contribution in [-0.2, 0) is 19.2 Å². The van der Waals surface area contributed by atoms with Gasteiger partial charge in [0.2, 0.25) is 0 Å². The van der Waals surface area contributed by atoms with Crippen molar-refractivity contribution in [2.24, 2.45) is 0 Å². The first-order chi connectivity index (χ1) is 14.6. The Hall–Kier alpha value is -1.14. The van der Waals surface area contributed by atoms with Crippen LogP contribution in [0, 0.1) is 0 Å². The molecular weight excluding hydrogens is 839 g/mol. The molecule has 0 unspecified atom stereocenters. The molecule has 0 atom stereocenters.